The summed E-state index contributed by atoms with van der Waals surface area (Å²) in [5, 5.41) is 2.75. The maximum atomic E-state index is 12.5. The molecule has 0 aromatic heterocycles. The van der Waals surface area contributed by atoms with Gasteiger partial charge in [0.1, 0.15) is 0 Å². The number of benzene rings is 2. The number of ether oxygens (including phenoxy) is 2. The van der Waals surface area contributed by atoms with Gasteiger partial charge in [-0.25, -0.2) is 12.7 Å². The zero-order chi connectivity index (χ0) is 20.7. The van der Waals surface area contributed by atoms with Crippen molar-refractivity contribution in [2.75, 3.05) is 33.1 Å². The molecule has 0 fully saturated rings. The molecule has 152 valence electrons. The van der Waals surface area contributed by atoms with Crippen LogP contribution in [-0.4, -0.2) is 46.4 Å². The lowest BCUT2D eigenvalue weighted by Crippen LogP contribution is -2.27. The molecule has 28 heavy (non-hydrogen) atoms. The topological polar surface area (TPSA) is 84.9 Å². The van der Waals surface area contributed by atoms with E-state index in [0.717, 1.165) is 12.8 Å². The first-order valence-corrected chi connectivity index (χ1v) is 10.4. The Balaban J connectivity index is 2.13. The highest BCUT2D eigenvalue weighted by Gasteiger charge is 2.20. The predicted octanol–water partition coefficient (Wildman–Crippen LogP) is 3.38. The van der Waals surface area contributed by atoms with Gasteiger partial charge in [0.25, 0.3) is 5.91 Å². The molecule has 2 aromatic rings. The summed E-state index contributed by atoms with van der Waals surface area (Å²) >= 11 is 0. The van der Waals surface area contributed by atoms with Crippen LogP contribution in [0.2, 0.25) is 0 Å². The van der Waals surface area contributed by atoms with Crippen LogP contribution in [0.1, 0.15) is 30.1 Å². The number of hydrogen-bond acceptors (Lipinski definition) is 5. The van der Waals surface area contributed by atoms with Crippen molar-refractivity contribution in [3.05, 3.63) is 48.0 Å². The standard InChI is InChI=1S/C20H26N2O5S/c1-5-6-13-22(2)28(24,25)17-10-8-16(9-11-17)21-20(23)15-7-12-18(26-3)19(14-15)27-4/h7-12,14H,5-6,13H2,1-4H3,(H,21,23). The van der Waals surface area contributed by atoms with Gasteiger partial charge in [0.05, 0.1) is 19.1 Å². The Morgan fingerprint density at radius 3 is 2.25 bits per heavy atom. The Labute approximate surface area is 166 Å². The van der Waals surface area contributed by atoms with Crippen molar-refractivity contribution in [3.8, 4) is 11.5 Å². The first-order valence-electron chi connectivity index (χ1n) is 8.93. The van der Waals surface area contributed by atoms with Gasteiger partial charge in [-0.2, -0.15) is 0 Å². The molecule has 0 aliphatic rings. The van der Waals surface area contributed by atoms with Crippen LogP contribution in [-0.2, 0) is 10.0 Å². The maximum Gasteiger partial charge on any atom is 0.255 e. The van der Waals surface area contributed by atoms with Crippen molar-refractivity contribution in [1.29, 1.82) is 0 Å². The number of rotatable bonds is 9. The highest BCUT2D eigenvalue weighted by molar-refractivity contribution is 7.89. The van der Waals surface area contributed by atoms with Crippen LogP contribution in [0, 0.1) is 0 Å². The molecule has 0 radical (unpaired) electrons. The van der Waals surface area contributed by atoms with Crippen molar-refractivity contribution in [1.82, 2.24) is 4.31 Å². The fourth-order valence-electron chi connectivity index (χ4n) is 2.57. The minimum absolute atomic E-state index is 0.190. The summed E-state index contributed by atoms with van der Waals surface area (Å²) in [6.45, 7) is 2.48. The molecule has 0 heterocycles. The molecule has 0 unspecified atom stereocenters. The molecule has 2 rings (SSSR count). The second-order valence-corrected chi connectivity index (χ2v) is 8.27. The molecule has 0 spiro atoms. The predicted molar refractivity (Wildman–Crippen MR) is 109 cm³/mol. The second-order valence-electron chi connectivity index (χ2n) is 6.23. The minimum Gasteiger partial charge on any atom is -0.493 e. The Morgan fingerprint density at radius 1 is 1.04 bits per heavy atom. The molecular formula is C20H26N2O5S. The van der Waals surface area contributed by atoms with Crippen LogP contribution < -0.4 is 14.8 Å². The Bertz CT molecular complexity index is 911. The third kappa shape index (κ3) is 5.02. The van der Waals surface area contributed by atoms with Crippen molar-refractivity contribution in [3.63, 3.8) is 0 Å². The van der Waals surface area contributed by atoms with E-state index in [9.17, 15) is 13.2 Å². The highest BCUT2D eigenvalue weighted by atomic mass is 32.2. The molecule has 1 N–H and O–H groups in total. The third-order valence-electron chi connectivity index (χ3n) is 4.29. The number of amides is 1. The molecule has 0 aliphatic heterocycles. The van der Waals surface area contributed by atoms with E-state index in [1.54, 1.807) is 37.4 Å². The molecule has 2 aromatic carbocycles. The summed E-state index contributed by atoms with van der Waals surface area (Å²) < 4.78 is 36.8. The number of sulfonamides is 1. The molecule has 0 bridgehead atoms. The second kappa shape index (κ2) is 9.57. The number of carbonyl (C=O) groups is 1. The molecule has 0 aliphatic carbocycles. The lowest BCUT2D eigenvalue weighted by molar-refractivity contribution is 0.102. The van der Waals surface area contributed by atoms with E-state index >= 15 is 0 Å². The zero-order valence-electron chi connectivity index (χ0n) is 16.6. The highest BCUT2D eigenvalue weighted by Crippen LogP contribution is 2.28. The Kier molecular flexibility index (Phi) is 7.42. The zero-order valence-corrected chi connectivity index (χ0v) is 17.4. The van der Waals surface area contributed by atoms with Gasteiger partial charge in [-0.1, -0.05) is 13.3 Å². The number of unbranched alkanes of at least 4 members (excludes halogenated alkanes) is 1. The van der Waals surface area contributed by atoms with E-state index in [4.69, 9.17) is 9.47 Å². The number of nitrogens with one attached hydrogen (secondary N) is 1. The van der Waals surface area contributed by atoms with Crippen LogP contribution in [0.25, 0.3) is 0 Å². The average Bonchev–Trinajstić information content (AvgIpc) is 2.71. The fraction of sp³-hybridized carbons (Fsp3) is 0.350. The summed E-state index contributed by atoms with van der Waals surface area (Å²) in [5.74, 6) is 0.643. The van der Waals surface area contributed by atoms with E-state index in [-0.39, 0.29) is 10.8 Å². The monoisotopic (exact) mass is 406 g/mol. The van der Waals surface area contributed by atoms with Crippen LogP contribution in [0.15, 0.2) is 47.4 Å². The molecule has 8 heteroatoms. The molecule has 0 saturated carbocycles. The smallest absolute Gasteiger partial charge is 0.255 e. The van der Waals surface area contributed by atoms with Gasteiger partial charge in [0, 0.05) is 24.8 Å². The van der Waals surface area contributed by atoms with Gasteiger partial charge in [-0.15, -0.1) is 0 Å². The van der Waals surface area contributed by atoms with Gasteiger partial charge >= 0.3 is 0 Å². The largest absolute Gasteiger partial charge is 0.493 e. The van der Waals surface area contributed by atoms with Gasteiger partial charge in [-0.05, 0) is 48.9 Å². The van der Waals surface area contributed by atoms with Gasteiger partial charge in [0.2, 0.25) is 10.0 Å². The SMILES string of the molecule is CCCCN(C)S(=O)(=O)c1ccc(NC(=O)c2ccc(OC)c(OC)c2)cc1. The summed E-state index contributed by atoms with van der Waals surface area (Å²) in [6, 6.07) is 11.0. The number of hydrogen-bond donors (Lipinski definition) is 1. The normalized spacial score (nSPS) is 11.3. The summed E-state index contributed by atoms with van der Waals surface area (Å²) in [4.78, 5) is 12.6. The van der Waals surface area contributed by atoms with Crippen molar-refractivity contribution in [2.45, 2.75) is 24.7 Å². The van der Waals surface area contributed by atoms with Crippen LogP contribution in [0.5, 0.6) is 11.5 Å². The van der Waals surface area contributed by atoms with Crippen molar-refractivity contribution >= 4 is 21.6 Å². The lowest BCUT2D eigenvalue weighted by atomic mass is 10.2. The van der Waals surface area contributed by atoms with Crippen LogP contribution >= 0.6 is 0 Å². The summed E-state index contributed by atoms with van der Waals surface area (Å²) in [6.07, 6.45) is 1.72. The van der Waals surface area contributed by atoms with Gasteiger partial charge < -0.3 is 14.8 Å². The quantitative estimate of drug-likeness (QED) is 0.690. The van der Waals surface area contributed by atoms with Crippen molar-refractivity contribution in [2.24, 2.45) is 0 Å². The van der Waals surface area contributed by atoms with Crippen molar-refractivity contribution < 1.29 is 22.7 Å². The van der Waals surface area contributed by atoms with E-state index in [2.05, 4.69) is 5.32 Å². The van der Waals surface area contributed by atoms with E-state index in [1.807, 2.05) is 6.92 Å². The maximum absolute atomic E-state index is 12.5. The summed E-state index contributed by atoms with van der Waals surface area (Å²) in [5.41, 5.74) is 0.892. The van der Waals surface area contributed by atoms with Gasteiger partial charge in [-0.3, -0.25) is 4.79 Å². The average molecular weight is 407 g/mol. The molecule has 0 saturated heterocycles. The lowest BCUT2D eigenvalue weighted by Gasteiger charge is -2.17. The van der Waals surface area contributed by atoms with Crippen LogP contribution in [0.4, 0.5) is 5.69 Å². The van der Waals surface area contributed by atoms with Gasteiger partial charge in [0.15, 0.2) is 11.5 Å². The van der Waals surface area contributed by atoms with E-state index in [0.29, 0.717) is 29.3 Å². The molecule has 0 atom stereocenters. The van der Waals surface area contributed by atoms with E-state index in [1.165, 1.54) is 30.7 Å². The Morgan fingerprint density at radius 2 is 1.68 bits per heavy atom. The molecule has 7 nitrogen and oxygen atoms in total. The number of nitrogens with zero attached hydrogens (tertiary/aromatic N) is 1. The first kappa shape index (κ1) is 21.7. The first-order chi connectivity index (χ1) is 13.3. The molecule has 1 amide bonds. The third-order valence-corrected chi connectivity index (χ3v) is 6.16. The minimum atomic E-state index is -3.54. The molecular weight excluding hydrogens is 380 g/mol. The summed E-state index contributed by atoms with van der Waals surface area (Å²) in [7, 11) is 1.05. The van der Waals surface area contributed by atoms with E-state index < -0.39 is 10.0 Å². The number of carbonyl (C=O) groups excluding carboxylic acids is 1. The fourth-order valence-corrected chi connectivity index (χ4v) is 3.78. The Hall–Kier alpha value is -2.58. The number of methoxy groups -OCH3 is 2. The van der Waals surface area contributed by atoms with Crippen LogP contribution in [0.3, 0.4) is 0 Å². The number of anilines is 1.